The van der Waals surface area contributed by atoms with Crippen LogP contribution in [-0.4, -0.2) is 5.78 Å². The second kappa shape index (κ2) is 6.62. The molecule has 1 aromatic carbocycles. The molecular formula is C16H18BrNO. The molecule has 19 heavy (non-hydrogen) atoms. The highest BCUT2D eigenvalue weighted by molar-refractivity contribution is 5.96. The van der Waals surface area contributed by atoms with E-state index in [2.05, 4.69) is 6.07 Å². The minimum atomic E-state index is 0. The van der Waals surface area contributed by atoms with Crippen LogP contribution in [0.1, 0.15) is 27.2 Å². The molecule has 1 aromatic heterocycles. The molecule has 0 radical (unpaired) electrons. The van der Waals surface area contributed by atoms with Crippen LogP contribution < -0.4 is 21.5 Å². The molecule has 0 saturated carbocycles. The van der Waals surface area contributed by atoms with Gasteiger partial charge in [0.1, 0.15) is 0 Å². The summed E-state index contributed by atoms with van der Waals surface area (Å²) >= 11 is 0. The molecule has 1 heterocycles. The van der Waals surface area contributed by atoms with Gasteiger partial charge in [-0.2, -0.15) is 4.57 Å². The lowest BCUT2D eigenvalue weighted by Gasteiger charge is -2.05. The van der Waals surface area contributed by atoms with E-state index in [9.17, 15) is 4.79 Å². The molecule has 0 bridgehead atoms. The molecule has 3 heteroatoms. The number of hydrogen-bond acceptors (Lipinski definition) is 1. The molecule has 0 aliphatic carbocycles. The number of hydrogen-bond donors (Lipinski definition) is 0. The normalized spacial score (nSPS) is 9.84. The standard InChI is InChI=1S/C16H18NO.BrH/c1-12-7-8-15(13(2)10-12)16(18)11-17-9-5-4-6-14(17)3;/h4-10H,11H2,1-3H3;1H/q+1;/p-1. The molecule has 0 unspecified atom stereocenters. The van der Waals surface area contributed by atoms with Crippen molar-refractivity contribution < 1.29 is 26.3 Å². The lowest BCUT2D eigenvalue weighted by Crippen LogP contribution is -3.00. The van der Waals surface area contributed by atoms with Crippen molar-refractivity contribution >= 4 is 5.78 Å². The lowest BCUT2D eigenvalue weighted by molar-refractivity contribution is -0.689. The van der Waals surface area contributed by atoms with Gasteiger partial charge in [0.25, 0.3) is 0 Å². The fraction of sp³-hybridized carbons (Fsp3) is 0.250. The van der Waals surface area contributed by atoms with Gasteiger partial charge in [0, 0.05) is 24.6 Å². The van der Waals surface area contributed by atoms with Gasteiger partial charge in [0.05, 0.1) is 0 Å². The zero-order valence-corrected chi connectivity index (χ0v) is 13.1. The van der Waals surface area contributed by atoms with E-state index < -0.39 is 0 Å². The molecule has 0 atom stereocenters. The molecule has 0 saturated heterocycles. The maximum atomic E-state index is 12.3. The number of nitrogens with zero attached hydrogens (tertiary/aromatic N) is 1. The van der Waals surface area contributed by atoms with Crippen molar-refractivity contribution in [2.75, 3.05) is 0 Å². The monoisotopic (exact) mass is 319 g/mol. The third kappa shape index (κ3) is 3.74. The first-order valence-corrected chi connectivity index (χ1v) is 6.13. The zero-order chi connectivity index (χ0) is 13.1. The highest BCUT2D eigenvalue weighted by atomic mass is 79.9. The minimum Gasteiger partial charge on any atom is -1.00 e. The molecule has 100 valence electrons. The number of aryl methyl sites for hydroxylation is 3. The second-order valence-electron chi connectivity index (χ2n) is 4.71. The van der Waals surface area contributed by atoms with Gasteiger partial charge in [0.2, 0.25) is 12.3 Å². The van der Waals surface area contributed by atoms with Crippen molar-refractivity contribution in [3.63, 3.8) is 0 Å². The first kappa shape index (κ1) is 15.6. The van der Waals surface area contributed by atoms with E-state index >= 15 is 0 Å². The Kier molecular flexibility index (Phi) is 5.43. The summed E-state index contributed by atoms with van der Waals surface area (Å²) in [6.45, 7) is 6.44. The van der Waals surface area contributed by atoms with Crippen LogP contribution in [0, 0.1) is 20.8 Å². The number of aromatic nitrogens is 1. The van der Waals surface area contributed by atoms with Gasteiger partial charge in [-0.1, -0.05) is 29.8 Å². The van der Waals surface area contributed by atoms with Crippen molar-refractivity contribution in [2.45, 2.75) is 27.3 Å². The van der Waals surface area contributed by atoms with Gasteiger partial charge in [-0.3, -0.25) is 4.79 Å². The summed E-state index contributed by atoms with van der Waals surface area (Å²) in [6, 6.07) is 11.9. The van der Waals surface area contributed by atoms with Crippen molar-refractivity contribution in [1.29, 1.82) is 0 Å². The Bertz CT molecular complexity index is 593. The van der Waals surface area contributed by atoms with Crippen molar-refractivity contribution in [3.8, 4) is 0 Å². The first-order valence-electron chi connectivity index (χ1n) is 6.13. The van der Waals surface area contributed by atoms with Crippen molar-refractivity contribution in [2.24, 2.45) is 0 Å². The summed E-state index contributed by atoms with van der Waals surface area (Å²) in [4.78, 5) is 12.3. The third-order valence-electron chi connectivity index (χ3n) is 3.16. The Balaban J connectivity index is 0.00000180. The number of carbonyl (C=O) groups is 1. The molecule has 2 nitrogen and oxygen atoms in total. The number of pyridine rings is 1. The number of halogens is 1. The van der Waals surface area contributed by atoms with E-state index in [1.807, 2.05) is 61.9 Å². The van der Waals surface area contributed by atoms with Crippen LogP contribution in [0.4, 0.5) is 0 Å². The smallest absolute Gasteiger partial charge is 0.227 e. The van der Waals surface area contributed by atoms with Crippen LogP contribution in [-0.2, 0) is 6.54 Å². The molecule has 0 aliphatic rings. The van der Waals surface area contributed by atoms with Crippen LogP contribution in [0.5, 0.6) is 0 Å². The number of rotatable bonds is 3. The average Bonchev–Trinajstić information content (AvgIpc) is 2.32. The van der Waals surface area contributed by atoms with Crippen LogP contribution >= 0.6 is 0 Å². The third-order valence-corrected chi connectivity index (χ3v) is 3.16. The Labute approximate surface area is 124 Å². The minimum absolute atomic E-state index is 0. The summed E-state index contributed by atoms with van der Waals surface area (Å²) in [5, 5.41) is 0. The largest absolute Gasteiger partial charge is 1.00 e. The SMILES string of the molecule is Cc1ccc(C(=O)C[n+]2ccccc2C)c(C)c1.[Br-]. The van der Waals surface area contributed by atoms with Crippen LogP contribution in [0.3, 0.4) is 0 Å². The molecule has 0 amide bonds. The Morgan fingerprint density at radius 1 is 1.11 bits per heavy atom. The van der Waals surface area contributed by atoms with Gasteiger partial charge in [-0.25, -0.2) is 0 Å². The zero-order valence-electron chi connectivity index (χ0n) is 11.5. The Hall–Kier alpha value is -1.48. The predicted molar refractivity (Wildman–Crippen MR) is 71.6 cm³/mol. The Morgan fingerprint density at radius 3 is 2.47 bits per heavy atom. The molecule has 0 spiro atoms. The molecular weight excluding hydrogens is 302 g/mol. The van der Waals surface area contributed by atoms with E-state index in [4.69, 9.17) is 0 Å². The molecule has 0 N–H and O–H groups in total. The molecule has 2 rings (SSSR count). The van der Waals surface area contributed by atoms with Crippen molar-refractivity contribution in [1.82, 2.24) is 0 Å². The average molecular weight is 320 g/mol. The maximum Gasteiger partial charge on any atom is 0.227 e. The first-order chi connectivity index (χ1) is 8.58. The highest BCUT2D eigenvalue weighted by Gasteiger charge is 2.15. The molecule has 0 fully saturated rings. The van der Waals surface area contributed by atoms with E-state index in [1.165, 1.54) is 5.56 Å². The summed E-state index contributed by atoms with van der Waals surface area (Å²) < 4.78 is 1.97. The number of ketones is 1. The molecule has 2 aromatic rings. The summed E-state index contributed by atoms with van der Waals surface area (Å²) in [6.07, 6.45) is 1.94. The van der Waals surface area contributed by atoms with E-state index in [1.54, 1.807) is 0 Å². The highest BCUT2D eigenvalue weighted by Crippen LogP contribution is 2.11. The fourth-order valence-electron chi connectivity index (χ4n) is 2.11. The number of carbonyl (C=O) groups excluding carboxylic acids is 1. The van der Waals surface area contributed by atoms with E-state index in [-0.39, 0.29) is 22.8 Å². The van der Waals surface area contributed by atoms with Gasteiger partial charge < -0.3 is 17.0 Å². The van der Waals surface area contributed by atoms with Gasteiger partial charge in [0.15, 0.2) is 11.9 Å². The van der Waals surface area contributed by atoms with Gasteiger partial charge >= 0.3 is 0 Å². The number of benzene rings is 1. The maximum absolute atomic E-state index is 12.3. The van der Waals surface area contributed by atoms with Crippen molar-refractivity contribution in [3.05, 3.63) is 65.0 Å². The van der Waals surface area contributed by atoms with Crippen LogP contribution in [0.25, 0.3) is 0 Å². The molecule has 0 aliphatic heterocycles. The topological polar surface area (TPSA) is 20.9 Å². The van der Waals surface area contributed by atoms with E-state index in [0.717, 1.165) is 16.8 Å². The van der Waals surface area contributed by atoms with E-state index in [0.29, 0.717) is 6.54 Å². The summed E-state index contributed by atoms with van der Waals surface area (Å²) in [5.41, 5.74) is 4.15. The predicted octanol–water partition coefficient (Wildman–Crippen LogP) is -0.214. The van der Waals surface area contributed by atoms with Gasteiger partial charge in [-0.15, -0.1) is 0 Å². The number of Topliss-reactive ketones (excluding diaryl/α,β-unsaturated/α-hetero) is 1. The van der Waals surface area contributed by atoms with Crippen LogP contribution in [0.2, 0.25) is 0 Å². The Morgan fingerprint density at radius 2 is 1.84 bits per heavy atom. The summed E-state index contributed by atoms with van der Waals surface area (Å²) in [7, 11) is 0. The van der Waals surface area contributed by atoms with Gasteiger partial charge in [-0.05, 0) is 19.4 Å². The van der Waals surface area contributed by atoms with Crippen LogP contribution in [0.15, 0.2) is 42.6 Å². The fourth-order valence-corrected chi connectivity index (χ4v) is 2.11. The lowest BCUT2D eigenvalue weighted by atomic mass is 10.0. The second-order valence-corrected chi connectivity index (χ2v) is 4.71. The quantitative estimate of drug-likeness (QED) is 0.566. The summed E-state index contributed by atoms with van der Waals surface area (Å²) in [5.74, 6) is 0.159.